The number of anilines is 1. The minimum Gasteiger partial charge on any atom is -0.357 e. The normalized spacial score (nSPS) is 24.9. The Bertz CT molecular complexity index is 970. The van der Waals surface area contributed by atoms with Crippen LogP contribution < -0.4 is 10.2 Å². The Hall–Kier alpha value is -2.89. The Morgan fingerprint density at radius 3 is 2.41 bits per heavy atom. The molecule has 1 aliphatic carbocycles. The molecule has 3 atom stereocenters. The van der Waals surface area contributed by atoms with E-state index in [9.17, 15) is 9.59 Å². The lowest BCUT2D eigenvalue weighted by Gasteiger charge is -2.33. The number of carbonyl (C=O) groups is 2. The molecule has 2 saturated heterocycles. The average molecular weight is 461 g/mol. The third-order valence-electron chi connectivity index (χ3n) is 7.85. The maximum absolute atomic E-state index is 13.4. The van der Waals surface area contributed by atoms with Gasteiger partial charge in [-0.2, -0.15) is 0 Å². The van der Waals surface area contributed by atoms with Crippen molar-refractivity contribution in [3.63, 3.8) is 0 Å². The molecule has 2 amide bonds. The molecular weight excluding hydrogens is 424 g/mol. The number of hydrogen-bond donors (Lipinski definition) is 1. The monoisotopic (exact) mass is 460 g/mol. The summed E-state index contributed by atoms with van der Waals surface area (Å²) in [5, 5.41) is 3.11. The van der Waals surface area contributed by atoms with Crippen molar-refractivity contribution in [3.8, 4) is 0 Å². The van der Waals surface area contributed by atoms with Crippen LogP contribution in [0.25, 0.3) is 0 Å². The van der Waals surface area contributed by atoms with Gasteiger partial charge in [0.15, 0.2) is 0 Å². The molecule has 0 bridgehead atoms. The predicted molar refractivity (Wildman–Crippen MR) is 134 cm³/mol. The van der Waals surface area contributed by atoms with Gasteiger partial charge >= 0.3 is 0 Å². The first kappa shape index (κ1) is 22.9. The first-order valence-electron chi connectivity index (χ1n) is 13.1. The molecule has 1 aromatic heterocycles. The van der Waals surface area contributed by atoms with Crippen LogP contribution >= 0.6 is 0 Å². The molecule has 0 spiro atoms. The summed E-state index contributed by atoms with van der Waals surface area (Å²) in [5.41, 5.74) is 1.66. The summed E-state index contributed by atoms with van der Waals surface area (Å²) < 4.78 is 0. The van der Waals surface area contributed by atoms with E-state index in [2.05, 4.69) is 27.3 Å². The van der Waals surface area contributed by atoms with Crippen molar-refractivity contribution in [3.05, 3.63) is 59.8 Å². The van der Waals surface area contributed by atoms with Gasteiger partial charge in [-0.1, -0.05) is 49.9 Å². The van der Waals surface area contributed by atoms with E-state index in [0.29, 0.717) is 18.0 Å². The molecule has 6 heteroatoms. The van der Waals surface area contributed by atoms with E-state index < -0.39 is 6.04 Å². The third-order valence-corrected chi connectivity index (χ3v) is 7.85. The van der Waals surface area contributed by atoms with Crippen molar-refractivity contribution in [2.45, 2.75) is 76.4 Å². The summed E-state index contributed by atoms with van der Waals surface area (Å²) in [5.74, 6) is 1.39. The van der Waals surface area contributed by atoms with Gasteiger partial charge in [-0.15, -0.1) is 0 Å². The zero-order chi connectivity index (χ0) is 23.3. The first-order valence-corrected chi connectivity index (χ1v) is 13.1. The fourth-order valence-corrected chi connectivity index (χ4v) is 6.03. The minimum absolute atomic E-state index is 0.0152. The summed E-state index contributed by atoms with van der Waals surface area (Å²) in [6.45, 7) is 2.57. The van der Waals surface area contributed by atoms with Gasteiger partial charge in [-0.3, -0.25) is 9.59 Å². The van der Waals surface area contributed by atoms with Gasteiger partial charge in [0.05, 0.1) is 0 Å². The van der Waals surface area contributed by atoms with Crippen molar-refractivity contribution >= 4 is 17.6 Å². The van der Waals surface area contributed by atoms with Crippen molar-refractivity contribution in [1.29, 1.82) is 0 Å². The first-order chi connectivity index (χ1) is 16.7. The molecule has 0 radical (unpaired) electrons. The molecule has 6 nitrogen and oxygen atoms in total. The molecule has 3 heterocycles. The zero-order valence-electron chi connectivity index (χ0n) is 20.0. The summed E-state index contributed by atoms with van der Waals surface area (Å²) >= 11 is 0. The van der Waals surface area contributed by atoms with Crippen LogP contribution in [0.5, 0.6) is 0 Å². The highest BCUT2D eigenvalue weighted by molar-refractivity contribution is 5.98. The maximum atomic E-state index is 13.4. The Labute approximate surface area is 202 Å². The Morgan fingerprint density at radius 2 is 1.68 bits per heavy atom. The van der Waals surface area contributed by atoms with E-state index in [4.69, 9.17) is 0 Å². The molecule has 3 fully saturated rings. The van der Waals surface area contributed by atoms with Crippen LogP contribution in [0.2, 0.25) is 0 Å². The second-order valence-corrected chi connectivity index (χ2v) is 10.1. The molecule has 1 N–H and O–H groups in total. The molecule has 3 aliphatic rings. The molecule has 5 rings (SSSR count). The Morgan fingerprint density at radius 1 is 0.912 bits per heavy atom. The van der Waals surface area contributed by atoms with E-state index in [1.54, 1.807) is 0 Å². The number of hydrogen-bond acceptors (Lipinski definition) is 4. The minimum atomic E-state index is -0.398. The van der Waals surface area contributed by atoms with Gasteiger partial charge in [-0.05, 0) is 61.8 Å². The number of pyridine rings is 1. The van der Waals surface area contributed by atoms with Crippen LogP contribution in [0.15, 0.2) is 48.7 Å². The van der Waals surface area contributed by atoms with Crippen molar-refractivity contribution in [1.82, 2.24) is 15.2 Å². The number of nitrogens with zero attached hydrogens (tertiary/aromatic N) is 3. The summed E-state index contributed by atoms with van der Waals surface area (Å²) in [6, 6.07) is 13.3. The SMILES string of the molecule is O=C(NCc1ccc(N2CCCCCC2)nc1)C1CC2CCCCC2N1C(=O)c1ccccc1. The number of rotatable bonds is 5. The average Bonchev–Trinajstić information content (AvgIpc) is 3.06. The van der Waals surface area contributed by atoms with Gasteiger partial charge in [0.2, 0.25) is 5.91 Å². The largest absolute Gasteiger partial charge is 0.357 e. The highest BCUT2D eigenvalue weighted by atomic mass is 16.2. The number of fused-ring (bicyclic) bond motifs is 1. The lowest BCUT2D eigenvalue weighted by atomic mass is 9.84. The fourth-order valence-electron chi connectivity index (χ4n) is 6.03. The molecule has 2 aromatic rings. The van der Waals surface area contributed by atoms with Gasteiger partial charge in [0, 0.05) is 37.4 Å². The highest BCUT2D eigenvalue weighted by Crippen LogP contribution is 2.40. The van der Waals surface area contributed by atoms with Crippen molar-refractivity contribution in [2.24, 2.45) is 5.92 Å². The Balaban J connectivity index is 1.25. The van der Waals surface area contributed by atoms with Crippen LogP contribution in [-0.4, -0.2) is 46.9 Å². The number of carbonyl (C=O) groups excluding carboxylic acids is 2. The molecule has 1 saturated carbocycles. The van der Waals surface area contributed by atoms with Crippen LogP contribution in [0, 0.1) is 5.92 Å². The zero-order valence-corrected chi connectivity index (χ0v) is 20.0. The molecule has 34 heavy (non-hydrogen) atoms. The molecule has 3 unspecified atom stereocenters. The van der Waals surface area contributed by atoms with Gasteiger partial charge < -0.3 is 15.1 Å². The van der Waals surface area contributed by atoms with Crippen LogP contribution in [0.1, 0.15) is 73.7 Å². The van der Waals surface area contributed by atoms with Crippen LogP contribution in [-0.2, 0) is 11.3 Å². The number of benzene rings is 1. The lowest BCUT2D eigenvalue weighted by Crippen LogP contribution is -2.49. The smallest absolute Gasteiger partial charge is 0.254 e. The highest BCUT2D eigenvalue weighted by Gasteiger charge is 2.47. The van der Waals surface area contributed by atoms with E-state index in [1.165, 1.54) is 32.1 Å². The van der Waals surface area contributed by atoms with Gasteiger partial charge in [-0.25, -0.2) is 4.98 Å². The van der Waals surface area contributed by atoms with E-state index in [-0.39, 0.29) is 17.9 Å². The second kappa shape index (κ2) is 10.6. The Kier molecular flexibility index (Phi) is 7.12. The molecule has 2 aliphatic heterocycles. The van der Waals surface area contributed by atoms with E-state index in [0.717, 1.165) is 50.2 Å². The number of aromatic nitrogens is 1. The van der Waals surface area contributed by atoms with Crippen molar-refractivity contribution in [2.75, 3.05) is 18.0 Å². The van der Waals surface area contributed by atoms with Crippen LogP contribution in [0.4, 0.5) is 5.82 Å². The van der Waals surface area contributed by atoms with E-state index in [1.807, 2.05) is 41.4 Å². The molecule has 180 valence electrons. The number of likely N-dealkylation sites (tertiary alicyclic amines) is 1. The maximum Gasteiger partial charge on any atom is 0.254 e. The summed E-state index contributed by atoms with van der Waals surface area (Å²) in [6.07, 6.45) is 12.1. The van der Waals surface area contributed by atoms with Crippen LogP contribution in [0.3, 0.4) is 0 Å². The van der Waals surface area contributed by atoms with E-state index >= 15 is 0 Å². The quantitative estimate of drug-likeness (QED) is 0.711. The topological polar surface area (TPSA) is 65.5 Å². The second-order valence-electron chi connectivity index (χ2n) is 10.1. The predicted octanol–water partition coefficient (Wildman–Crippen LogP) is 4.55. The standard InChI is InChI=1S/C28H36N4O2/c33-27(30-20-21-14-15-26(29-19-21)31-16-8-1-2-9-17-31)25-18-23-12-6-7-13-24(23)32(25)28(34)22-10-4-3-5-11-22/h3-5,10-11,14-15,19,23-25H,1-2,6-9,12-13,16-18,20H2,(H,30,33). The number of nitrogens with one attached hydrogen (secondary N) is 1. The number of amides is 2. The van der Waals surface area contributed by atoms with Gasteiger partial charge in [0.1, 0.15) is 11.9 Å². The third kappa shape index (κ3) is 4.96. The van der Waals surface area contributed by atoms with Crippen molar-refractivity contribution < 1.29 is 9.59 Å². The molecular formula is C28H36N4O2. The summed E-state index contributed by atoms with van der Waals surface area (Å²) in [4.78, 5) is 35.7. The summed E-state index contributed by atoms with van der Waals surface area (Å²) in [7, 11) is 0. The molecule has 1 aromatic carbocycles. The fraction of sp³-hybridized carbons (Fsp3) is 0.536. The lowest BCUT2D eigenvalue weighted by molar-refractivity contribution is -0.125. The van der Waals surface area contributed by atoms with Gasteiger partial charge in [0.25, 0.3) is 5.91 Å².